The highest BCUT2D eigenvalue weighted by molar-refractivity contribution is 5.22. The Hall–Kier alpha value is -1.38. The van der Waals surface area contributed by atoms with Crippen molar-refractivity contribution in [2.45, 2.75) is 17.9 Å². The molecular weight excluding hydrogens is 265 g/mol. The molecule has 1 fully saturated rings. The van der Waals surface area contributed by atoms with Crippen LogP contribution >= 0.6 is 0 Å². The van der Waals surface area contributed by atoms with Gasteiger partial charge in [-0.1, -0.05) is 0 Å². The van der Waals surface area contributed by atoms with Crippen LogP contribution in [-0.2, 0) is 6.18 Å². The van der Waals surface area contributed by atoms with E-state index in [4.69, 9.17) is 9.84 Å². The number of hydrogen-bond acceptors (Lipinski definition) is 5. The molecule has 8 heteroatoms. The van der Waals surface area contributed by atoms with Crippen molar-refractivity contribution in [3.63, 3.8) is 0 Å². The fraction of sp³-hybridized carbons (Fsp3) is 0.545. The smallest absolute Gasteiger partial charge is 0.433 e. The summed E-state index contributed by atoms with van der Waals surface area (Å²) in [6.45, 7) is -0.0565. The number of β-amino-alcohol motifs (C(OH)–C–C–N with tert-alkyl or cyclic N) is 1. The fourth-order valence-corrected chi connectivity index (χ4v) is 1.81. The molecule has 0 saturated carbocycles. The number of hydrogen-bond donors (Lipinski definition) is 3. The Morgan fingerprint density at radius 3 is 2.74 bits per heavy atom. The van der Waals surface area contributed by atoms with Gasteiger partial charge in [-0.2, -0.15) is 13.2 Å². The van der Waals surface area contributed by atoms with Gasteiger partial charge in [-0.15, -0.1) is 0 Å². The van der Waals surface area contributed by atoms with Crippen LogP contribution in [0.4, 0.5) is 13.2 Å². The van der Waals surface area contributed by atoms with E-state index in [2.05, 4.69) is 10.3 Å². The molecule has 3 N–H and O–H groups in total. The van der Waals surface area contributed by atoms with Crippen molar-refractivity contribution in [2.75, 3.05) is 19.7 Å². The van der Waals surface area contributed by atoms with Gasteiger partial charge in [0.15, 0.2) is 0 Å². The number of nitrogens with zero attached hydrogens (tertiary/aromatic N) is 1. The molecule has 0 unspecified atom stereocenters. The molecule has 1 aliphatic heterocycles. The van der Waals surface area contributed by atoms with Gasteiger partial charge in [0.2, 0.25) is 0 Å². The van der Waals surface area contributed by atoms with Crippen LogP contribution in [-0.4, -0.2) is 46.6 Å². The zero-order chi connectivity index (χ0) is 14.1. The van der Waals surface area contributed by atoms with Crippen LogP contribution in [0, 0.1) is 0 Å². The Morgan fingerprint density at radius 1 is 1.47 bits per heavy atom. The number of aromatic nitrogens is 1. The Balaban J connectivity index is 2.08. The molecule has 1 aliphatic rings. The third kappa shape index (κ3) is 2.96. The fourth-order valence-electron chi connectivity index (χ4n) is 1.81. The van der Waals surface area contributed by atoms with Gasteiger partial charge in [-0.25, -0.2) is 4.98 Å². The number of alkyl halides is 3. The lowest BCUT2D eigenvalue weighted by molar-refractivity contribution is -0.141. The maximum absolute atomic E-state index is 12.3. The highest BCUT2D eigenvalue weighted by atomic mass is 19.4. The van der Waals surface area contributed by atoms with Crippen LogP contribution in [0.25, 0.3) is 0 Å². The number of aliphatic hydroxyl groups excluding tert-OH is 1. The summed E-state index contributed by atoms with van der Waals surface area (Å²) in [6, 6.07) is 1.93. The summed E-state index contributed by atoms with van der Waals surface area (Å²) in [6.07, 6.45) is -4.30. The second-order valence-corrected chi connectivity index (χ2v) is 4.38. The van der Waals surface area contributed by atoms with Crippen LogP contribution in [0.1, 0.15) is 5.69 Å². The van der Waals surface area contributed by atoms with Crippen molar-refractivity contribution in [2.24, 2.45) is 0 Å². The van der Waals surface area contributed by atoms with E-state index in [0.717, 1.165) is 18.3 Å². The molecule has 0 aliphatic carbocycles. The molecule has 0 aromatic carbocycles. The summed E-state index contributed by atoms with van der Waals surface area (Å²) < 4.78 is 42.3. The van der Waals surface area contributed by atoms with E-state index in [0.29, 0.717) is 0 Å². The molecule has 19 heavy (non-hydrogen) atoms. The normalized spacial score (nSPS) is 27.5. The molecule has 2 heterocycles. The monoisotopic (exact) mass is 278 g/mol. The highest BCUT2D eigenvalue weighted by Crippen LogP contribution is 2.29. The van der Waals surface area contributed by atoms with Crippen molar-refractivity contribution < 1.29 is 28.1 Å². The second-order valence-electron chi connectivity index (χ2n) is 4.38. The van der Waals surface area contributed by atoms with E-state index < -0.39 is 30.2 Å². The van der Waals surface area contributed by atoms with Gasteiger partial charge in [0, 0.05) is 13.1 Å². The molecule has 2 rings (SSSR count). The minimum Gasteiger partial charge on any atom is -0.484 e. The predicted octanol–water partition coefficient (Wildman–Crippen LogP) is 0.174. The van der Waals surface area contributed by atoms with E-state index >= 15 is 0 Å². The Labute approximate surface area is 107 Å². The largest absolute Gasteiger partial charge is 0.484 e. The molecular formula is C11H13F3N2O3. The lowest BCUT2D eigenvalue weighted by Crippen LogP contribution is -2.48. The average Bonchev–Trinajstić information content (AvgIpc) is 2.71. The first-order valence-corrected chi connectivity index (χ1v) is 5.59. The first-order chi connectivity index (χ1) is 8.85. The molecule has 0 amide bonds. The van der Waals surface area contributed by atoms with Crippen LogP contribution in [0.15, 0.2) is 18.3 Å². The summed E-state index contributed by atoms with van der Waals surface area (Å²) in [5, 5.41) is 21.9. The standard InChI is InChI=1S/C11H13F3N2O3/c12-11(13,14)8-2-1-7(3-16-8)19-9-4-15-5-10(9,18)6-17/h1-3,9,15,17-18H,4-6H2/t9-,10+/m0/s1. The number of pyridine rings is 1. The Bertz CT molecular complexity index is 438. The van der Waals surface area contributed by atoms with Crippen molar-refractivity contribution in [3.05, 3.63) is 24.0 Å². The van der Waals surface area contributed by atoms with E-state index in [1.807, 2.05) is 0 Å². The lowest BCUT2D eigenvalue weighted by Gasteiger charge is -2.27. The maximum Gasteiger partial charge on any atom is 0.433 e. The van der Waals surface area contributed by atoms with Gasteiger partial charge in [0.1, 0.15) is 23.1 Å². The van der Waals surface area contributed by atoms with Crippen LogP contribution < -0.4 is 10.1 Å². The Kier molecular flexibility index (Phi) is 3.66. The molecule has 5 nitrogen and oxygen atoms in total. The van der Waals surface area contributed by atoms with Crippen molar-refractivity contribution >= 4 is 0 Å². The molecule has 106 valence electrons. The van der Waals surface area contributed by atoms with Crippen molar-refractivity contribution in [1.29, 1.82) is 0 Å². The summed E-state index contributed by atoms with van der Waals surface area (Å²) in [4.78, 5) is 3.25. The topological polar surface area (TPSA) is 74.6 Å². The Morgan fingerprint density at radius 2 is 2.21 bits per heavy atom. The number of ether oxygens (including phenoxy) is 1. The third-order valence-corrected chi connectivity index (χ3v) is 2.94. The minimum atomic E-state index is -4.50. The number of aliphatic hydroxyl groups is 2. The van der Waals surface area contributed by atoms with Gasteiger partial charge in [0.05, 0.1) is 12.8 Å². The lowest BCUT2D eigenvalue weighted by atomic mass is 10.0. The first-order valence-electron chi connectivity index (χ1n) is 5.59. The summed E-state index contributed by atoms with van der Waals surface area (Å²) >= 11 is 0. The summed E-state index contributed by atoms with van der Waals surface area (Å²) in [5.41, 5.74) is -2.45. The van der Waals surface area contributed by atoms with Gasteiger partial charge in [0.25, 0.3) is 0 Å². The number of halogens is 3. The molecule has 0 spiro atoms. The molecule has 2 atom stereocenters. The van der Waals surface area contributed by atoms with E-state index in [1.165, 1.54) is 0 Å². The molecule has 0 bridgehead atoms. The number of rotatable bonds is 3. The molecule has 1 aromatic rings. The van der Waals surface area contributed by atoms with Crippen LogP contribution in [0.3, 0.4) is 0 Å². The van der Waals surface area contributed by atoms with E-state index in [1.54, 1.807) is 0 Å². The van der Waals surface area contributed by atoms with Gasteiger partial charge >= 0.3 is 6.18 Å². The van der Waals surface area contributed by atoms with Crippen LogP contribution in [0.5, 0.6) is 5.75 Å². The minimum absolute atomic E-state index is 0.105. The number of nitrogens with one attached hydrogen (secondary N) is 1. The van der Waals surface area contributed by atoms with Gasteiger partial charge < -0.3 is 20.3 Å². The average molecular weight is 278 g/mol. The first kappa shape index (κ1) is 14.0. The maximum atomic E-state index is 12.3. The molecule has 0 radical (unpaired) electrons. The van der Waals surface area contributed by atoms with E-state index in [-0.39, 0.29) is 18.8 Å². The SMILES string of the molecule is OC[C@]1(O)CNC[C@@H]1Oc1ccc(C(F)(F)F)nc1. The zero-order valence-corrected chi connectivity index (χ0v) is 9.81. The quantitative estimate of drug-likeness (QED) is 0.735. The van der Waals surface area contributed by atoms with E-state index in [9.17, 15) is 18.3 Å². The van der Waals surface area contributed by atoms with Gasteiger partial charge in [-0.05, 0) is 12.1 Å². The highest BCUT2D eigenvalue weighted by Gasteiger charge is 2.42. The van der Waals surface area contributed by atoms with Crippen molar-refractivity contribution in [3.8, 4) is 5.75 Å². The van der Waals surface area contributed by atoms with Crippen molar-refractivity contribution in [1.82, 2.24) is 10.3 Å². The summed E-state index contributed by atoms with van der Waals surface area (Å²) in [7, 11) is 0. The zero-order valence-electron chi connectivity index (χ0n) is 9.81. The molecule has 1 aromatic heterocycles. The molecule has 1 saturated heterocycles. The second kappa shape index (κ2) is 4.95. The summed E-state index contributed by atoms with van der Waals surface area (Å²) in [5.74, 6) is 0.105. The third-order valence-electron chi connectivity index (χ3n) is 2.94. The van der Waals surface area contributed by atoms with Gasteiger partial charge in [-0.3, -0.25) is 0 Å². The predicted molar refractivity (Wildman–Crippen MR) is 58.6 cm³/mol. The van der Waals surface area contributed by atoms with Crippen LogP contribution in [0.2, 0.25) is 0 Å².